The Morgan fingerprint density at radius 2 is 2.14 bits per heavy atom. The molecule has 0 bridgehead atoms. The first-order chi connectivity index (χ1) is 13.7. The van der Waals surface area contributed by atoms with Gasteiger partial charge >= 0.3 is 0 Å². The van der Waals surface area contributed by atoms with Crippen molar-refractivity contribution >= 4 is 22.8 Å². The minimum atomic E-state index is -0.441. The number of nitrogens with one attached hydrogen (secondary N) is 2. The summed E-state index contributed by atoms with van der Waals surface area (Å²) in [5.74, 6) is -0.269. The molecular weight excluding hydrogens is 348 g/mol. The minimum absolute atomic E-state index is 0.269. The maximum absolute atomic E-state index is 11.3. The number of H-pyrrole nitrogens is 1. The van der Waals surface area contributed by atoms with E-state index in [2.05, 4.69) is 59.0 Å². The van der Waals surface area contributed by atoms with E-state index in [0.717, 1.165) is 31.4 Å². The molecule has 4 heteroatoms. The summed E-state index contributed by atoms with van der Waals surface area (Å²) in [6.45, 7) is 0.502. The van der Waals surface area contributed by atoms with Crippen LogP contribution in [0, 0.1) is 0 Å². The van der Waals surface area contributed by atoms with Crippen LogP contribution in [0.5, 0.6) is 0 Å². The van der Waals surface area contributed by atoms with E-state index < -0.39 is 6.61 Å². The number of aliphatic hydroxyl groups excluding tert-OH is 1. The van der Waals surface area contributed by atoms with E-state index >= 15 is 0 Å². The molecule has 0 amide bonds. The second kappa shape index (κ2) is 8.55. The summed E-state index contributed by atoms with van der Waals surface area (Å²) in [5, 5.41) is 13.9. The second-order valence-corrected chi connectivity index (χ2v) is 7.42. The van der Waals surface area contributed by atoms with Crippen LogP contribution in [0.1, 0.15) is 41.1 Å². The van der Waals surface area contributed by atoms with Gasteiger partial charge in [-0.2, -0.15) is 0 Å². The van der Waals surface area contributed by atoms with Gasteiger partial charge in [-0.25, -0.2) is 0 Å². The summed E-state index contributed by atoms with van der Waals surface area (Å²) in [4.78, 5) is 14.6. The number of rotatable bonds is 7. The van der Waals surface area contributed by atoms with Crippen molar-refractivity contribution in [2.75, 3.05) is 13.2 Å². The van der Waals surface area contributed by atoms with Gasteiger partial charge in [0.25, 0.3) is 0 Å². The van der Waals surface area contributed by atoms with Crippen molar-refractivity contribution in [3.63, 3.8) is 0 Å². The molecule has 1 aliphatic rings. The Balaban J connectivity index is 1.41. The van der Waals surface area contributed by atoms with Gasteiger partial charge in [-0.1, -0.05) is 42.5 Å². The van der Waals surface area contributed by atoms with Crippen LogP contribution in [0.2, 0.25) is 0 Å². The number of ketones is 1. The number of fused-ring (bicyclic) bond motifs is 2. The number of aliphatic hydroxyl groups is 1. The minimum Gasteiger partial charge on any atom is -0.388 e. The predicted molar refractivity (Wildman–Crippen MR) is 113 cm³/mol. The molecule has 0 aliphatic heterocycles. The molecule has 0 saturated heterocycles. The van der Waals surface area contributed by atoms with Crippen LogP contribution >= 0.6 is 0 Å². The topological polar surface area (TPSA) is 65.1 Å². The van der Waals surface area contributed by atoms with Gasteiger partial charge < -0.3 is 15.4 Å². The van der Waals surface area contributed by atoms with E-state index in [1.807, 2.05) is 0 Å². The van der Waals surface area contributed by atoms with Gasteiger partial charge in [-0.15, -0.1) is 0 Å². The molecule has 1 unspecified atom stereocenters. The van der Waals surface area contributed by atoms with E-state index in [9.17, 15) is 4.79 Å². The zero-order chi connectivity index (χ0) is 19.3. The quantitative estimate of drug-likeness (QED) is 0.549. The van der Waals surface area contributed by atoms with E-state index in [-0.39, 0.29) is 5.78 Å². The number of hydrogen-bond donors (Lipinski definition) is 3. The zero-order valence-corrected chi connectivity index (χ0v) is 15.9. The summed E-state index contributed by atoms with van der Waals surface area (Å²) in [5.41, 5.74) is 6.29. The molecule has 4 nitrogen and oxygen atoms in total. The Morgan fingerprint density at radius 3 is 3.04 bits per heavy atom. The monoisotopic (exact) mass is 374 g/mol. The fraction of sp³-hybridized carbons (Fsp3) is 0.292. The van der Waals surface area contributed by atoms with E-state index in [0.29, 0.717) is 6.04 Å². The molecule has 2 aromatic carbocycles. The van der Waals surface area contributed by atoms with Crippen molar-refractivity contribution in [3.05, 3.63) is 77.0 Å². The number of hydrogen-bond acceptors (Lipinski definition) is 3. The molecule has 0 saturated carbocycles. The average Bonchev–Trinajstić information content (AvgIpc) is 3.15. The number of aromatic amines is 1. The number of benzene rings is 2. The zero-order valence-electron chi connectivity index (χ0n) is 15.9. The highest BCUT2D eigenvalue weighted by Crippen LogP contribution is 2.31. The Morgan fingerprint density at radius 1 is 1.25 bits per heavy atom. The fourth-order valence-electron chi connectivity index (χ4n) is 4.11. The van der Waals surface area contributed by atoms with Crippen LogP contribution in [0.4, 0.5) is 0 Å². The van der Waals surface area contributed by atoms with E-state index in [1.54, 1.807) is 6.08 Å². The van der Waals surface area contributed by atoms with Gasteiger partial charge in [0.15, 0.2) is 5.78 Å². The number of aromatic nitrogens is 1. The molecular formula is C24H26N2O2. The molecule has 4 rings (SSSR count). The molecule has 0 radical (unpaired) electrons. The predicted octanol–water partition coefficient (Wildman–Crippen LogP) is 3.95. The Bertz CT molecular complexity index is 1000. The van der Waals surface area contributed by atoms with Crippen molar-refractivity contribution in [1.82, 2.24) is 10.3 Å². The van der Waals surface area contributed by atoms with Crippen LogP contribution in [0.3, 0.4) is 0 Å². The van der Waals surface area contributed by atoms with Crippen molar-refractivity contribution in [2.24, 2.45) is 0 Å². The Kier molecular flexibility index (Phi) is 5.70. The molecule has 1 atom stereocenters. The normalized spacial score (nSPS) is 16.5. The van der Waals surface area contributed by atoms with Gasteiger partial charge in [-0.3, -0.25) is 4.79 Å². The highest BCUT2D eigenvalue weighted by atomic mass is 16.3. The van der Waals surface area contributed by atoms with Crippen molar-refractivity contribution < 1.29 is 9.90 Å². The van der Waals surface area contributed by atoms with Crippen LogP contribution in [0.25, 0.3) is 17.0 Å². The average molecular weight is 374 g/mol. The molecule has 3 N–H and O–H groups in total. The van der Waals surface area contributed by atoms with Crippen molar-refractivity contribution in [3.8, 4) is 0 Å². The molecule has 1 heterocycles. The third-order valence-electron chi connectivity index (χ3n) is 5.56. The first-order valence-corrected chi connectivity index (χ1v) is 9.97. The lowest BCUT2D eigenvalue weighted by Gasteiger charge is -2.27. The highest BCUT2D eigenvalue weighted by molar-refractivity contribution is 5.94. The van der Waals surface area contributed by atoms with Gasteiger partial charge in [-0.05, 0) is 66.6 Å². The Labute approximate surface area is 165 Å². The molecule has 0 spiro atoms. The van der Waals surface area contributed by atoms with Crippen molar-refractivity contribution in [1.29, 1.82) is 0 Å². The van der Waals surface area contributed by atoms with Gasteiger partial charge in [0.1, 0.15) is 6.61 Å². The number of aryl methyl sites for hydroxylation is 1. The number of carbonyl (C=O) groups excluding carboxylic acids is 1. The SMILES string of the molecule is O=C(/C=C/c1ccc2c(c1)CCCC2NCCc1c[nH]c2ccccc12)CO. The maximum atomic E-state index is 11.3. The lowest BCUT2D eigenvalue weighted by Crippen LogP contribution is -2.27. The van der Waals surface area contributed by atoms with Crippen LogP contribution in [0.15, 0.2) is 54.7 Å². The first-order valence-electron chi connectivity index (χ1n) is 9.97. The molecule has 1 aromatic heterocycles. The fourth-order valence-corrected chi connectivity index (χ4v) is 4.11. The molecule has 1 aliphatic carbocycles. The molecule has 28 heavy (non-hydrogen) atoms. The highest BCUT2D eigenvalue weighted by Gasteiger charge is 2.19. The van der Waals surface area contributed by atoms with Gasteiger partial charge in [0, 0.05) is 23.1 Å². The molecule has 0 fully saturated rings. The van der Waals surface area contributed by atoms with Crippen LogP contribution < -0.4 is 5.32 Å². The summed E-state index contributed by atoms with van der Waals surface area (Å²) in [6.07, 6.45) is 9.74. The lowest BCUT2D eigenvalue weighted by molar-refractivity contribution is -0.117. The van der Waals surface area contributed by atoms with E-state index in [1.165, 1.54) is 40.1 Å². The number of para-hydroxylation sites is 1. The third-order valence-corrected chi connectivity index (χ3v) is 5.56. The second-order valence-electron chi connectivity index (χ2n) is 7.42. The molecule has 144 valence electrons. The number of carbonyl (C=O) groups is 1. The summed E-state index contributed by atoms with van der Waals surface area (Å²) in [6, 6.07) is 15.2. The smallest absolute Gasteiger partial charge is 0.181 e. The summed E-state index contributed by atoms with van der Waals surface area (Å²) < 4.78 is 0. The van der Waals surface area contributed by atoms with E-state index in [4.69, 9.17) is 5.11 Å². The van der Waals surface area contributed by atoms with Gasteiger partial charge in [0.2, 0.25) is 0 Å². The largest absolute Gasteiger partial charge is 0.388 e. The summed E-state index contributed by atoms with van der Waals surface area (Å²) in [7, 11) is 0. The third kappa shape index (κ3) is 4.08. The standard InChI is InChI=1S/C24H26N2O2/c27-16-20(28)10-8-17-9-11-22-18(14-17)4-3-7-23(22)25-13-12-19-15-26-24-6-2-1-5-21(19)24/h1-2,5-6,8-11,14-15,23,25-27H,3-4,7,12-13,16H2/b10-8+. The summed E-state index contributed by atoms with van der Waals surface area (Å²) >= 11 is 0. The van der Waals surface area contributed by atoms with Crippen LogP contribution in [-0.4, -0.2) is 29.0 Å². The van der Waals surface area contributed by atoms with Crippen LogP contribution in [-0.2, 0) is 17.6 Å². The first kappa shape index (κ1) is 18.7. The lowest BCUT2D eigenvalue weighted by atomic mass is 9.86. The molecule has 3 aromatic rings. The van der Waals surface area contributed by atoms with Crippen molar-refractivity contribution in [2.45, 2.75) is 31.7 Å². The maximum Gasteiger partial charge on any atom is 0.181 e. The van der Waals surface area contributed by atoms with Gasteiger partial charge in [0.05, 0.1) is 0 Å². The Hall–Kier alpha value is -2.69.